The van der Waals surface area contributed by atoms with Crippen LogP contribution in [0.15, 0.2) is 30.6 Å². The molecule has 1 N–H and O–H groups in total. The molecule has 24 heavy (non-hydrogen) atoms. The van der Waals surface area contributed by atoms with Gasteiger partial charge < -0.3 is 14.8 Å². The molecule has 126 valence electrons. The van der Waals surface area contributed by atoms with Crippen LogP contribution in [0.4, 0.5) is 4.39 Å². The minimum absolute atomic E-state index is 0.0445. The van der Waals surface area contributed by atoms with Gasteiger partial charge in [-0.3, -0.25) is 9.78 Å². The highest BCUT2D eigenvalue weighted by atomic mass is 19.1. The smallest absolute Gasteiger partial charge is 0.232 e. The summed E-state index contributed by atoms with van der Waals surface area (Å²) in [5.41, 5.74) is 1.27. The minimum Gasteiger partial charge on any atom is -0.480 e. The molecule has 1 fully saturated rings. The third-order valence-corrected chi connectivity index (χ3v) is 3.81. The van der Waals surface area contributed by atoms with E-state index in [2.05, 4.69) is 15.3 Å². The summed E-state index contributed by atoms with van der Waals surface area (Å²) in [5.74, 6) is -0.348. The van der Waals surface area contributed by atoms with E-state index in [1.165, 1.54) is 25.6 Å². The summed E-state index contributed by atoms with van der Waals surface area (Å²) in [7, 11) is 1.45. The van der Waals surface area contributed by atoms with Gasteiger partial charge in [-0.05, 0) is 11.6 Å². The van der Waals surface area contributed by atoms with Gasteiger partial charge in [0.15, 0.2) is 5.78 Å². The zero-order valence-electron chi connectivity index (χ0n) is 13.3. The lowest BCUT2D eigenvalue weighted by Crippen LogP contribution is -2.33. The topological polar surface area (TPSA) is 73.3 Å². The first kappa shape index (κ1) is 16.5. The number of nitrogens with one attached hydrogen (secondary N) is 1. The number of carbonyl (C=O) groups excluding carboxylic acids is 1. The van der Waals surface area contributed by atoms with Crippen LogP contribution in [0.5, 0.6) is 5.88 Å². The molecular formula is C17H18FN3O3. The van der Waals surface area contributed by atoms with Crippen molar-refractivity contribution in [1.29, 1.82) is 0 Å². The lowest BCUT2D eigenvalue weighted by molar-refractivity contribution is 0.0255. The van der Waals surface area contributed by atoms with Gasteiger partial charge in [0, 0.05) is 25.1 Å². The highest BCUT2D eigenvalue weighted by Gasteiger charge is 2.20. The van der Waals surface area contributed by atoms with E-state index in [0.717, 1.165) is 6.54 Å². The Morgan fingerprint density at radius 2 is 2.33 bits per heavy atom. The van der Waals surface area contributed by atoms with E-state index >= 15 is 0 Å². The molecule has 1 saturated heterocycles. The second-order valence-corrected chi connectivity index (χ2v) is 5.47. The highest BCUT2D eigenvalue weighted by molar-refractivity contribution is 5.95. The number of morpholine rings is 1. The fourth-order valence-corrected chi connectivity index (χ4v) is 2.56. The van der Waals surface area contributed by atoms with Crippen LogP contribution in [0.3, 0.4) is 0 Å². The third kappa shape index (κ3) is 3.74. The molecule has 0 radical (unpaired) electrons. The lowest BCUT2D eigenvalue weighted by Gasteiger charge is -2.24. The van der Waals surface area contributed by atoms with Crippen molar-refractivity contribution in [3.05, 3.63) is 53.2 Å². The van der Waals surface area contributed by atoms with Gasteiger partial charge in [0.2, 0.25) is 5.88 Å². The molecule has 2 aromatic rings. The molecule has 1 aromatic carbocycles. The van der Waals surface area contributed by atoms with Crippen LogP contribution < -0.4 is 10.1 Å². The Bertz CT molecular complexity index is 733. The number of carbonyl (C=O) groups is 1. The highest BCUT2D eigenvalue weighted by Crippen LogP contribution is 2.23. The number of Topliss-reactive ketones (excluding diaryl/α,β-unsaturated/α-hetero) is 1. The van der Waals surface area contributed by atoms with Crippen LogP contribution in [0, 0.1) is 5.82 Å². The number of halogens is 1. The van der Waals surface area contributed by atoms with Crippen molar-refractivity contribution in [3.8, 4) is 5.88 Å². The maximum absolute atomic E-state index is 14.3. The molecule has 6 nitrogen and oxygen atoms in total. The first-order valence-electron chi connectivity index (χ1n) is 7.67. The molecule has 7 heteroatoms. The van der Waals surface area contributed by atoms with E-state index < -0.39 is 0 Å². The Morgan fingerprint density at radius 1 is 1.46 bits per heavy atom. The number of benzene rings is 1. The van der Waals surface area contributed by atoms with Crippen molar-refractivity contribution < 1.29 is 18.7 Å². The van der Waals surface area contributed by atoms with Crippen molar-refractivity contribution in [2.45, 2.75) is 12.5 Å². The fourth-order valence-electron chi connectivity index (χ4n) is 2.56. The maximum atomic E-state index is 14.3. The van der Waals surface area contributed by atoms with Crippen molar-refractivity contribution in [1.82, 2.24) is 15.3 Å². The largest absolute Gasteiger partial charge is 0.480 e. The first-order chi connectivity index (χ1) is 11.7. The number of ketones is 1. The molecule has 0 saturated carbocycles. The van der Waals surface area contributed by atoms with Crippen LogP contribution in [0.1, 0.15) is 27.7 Å². The van der Waals surface area contributed by atoms with Crippen LogP contribution >= 0.6 is 0 Å². The molecule has 1 aliphatic rings. The van der Waals surface area contributed by atoms with Gasteiger partial charge >= 0.3 is 0 Å². The summed E-state index contributed by atoms with van der Waals surface area (Å²) < 4.78 is 24.8. The van der Waals surface area contributed by atoms with E-state index in [0.29, 0.717) is 24.3 Å². The molecule has 3 rings (SSSR count). The van der Waals surface area contributed by atoms with Crippen LogP contribution in [0.2, 0.25) is 0 Å². The van der Waals surface area contributed by atoms with E-state index in [-0.39, 0.29) is 35.7 Å². The first-order valence-corrected chi connectivity index (χ1v) is 7.67. The normalized spacial score (nSPS) is 17.5. The number of hydrogen-bond donors (Lipinski definition) is 1. The predicted molar refractivity (Wildman–Crippen MR) is 84.6 cm³/mol. The molecular weight excluding hydrogens is 313 g/mol. The zero-order chi connectivity index (χ0) is 16.9. The van der Waals surface area contributed by atoms with E-state index in [1.807, 2.05) is 0 Å². The van der Waals surface area contributed by atoms with Crippen molar-refractivity contribution in [2.75, 3.05) is 26.8 Å². The second kappa shape index (κ2) is 7.46. The summed E-state index contributed by atoms with van der Waals surface area (Å²) in [6.45, 7) is 1.90. The summed E-state index contributed by atoms with van der Waals surface area (Å²) in [4.78, 5) is 20.2. The number of aromatic nitrogens is 2. The molecule has 1 aliphatic heterocycles. The SMILES string of the molecule is COc1cncc(C(=O)Cc2ccc([C@@H]3CNCCO3)c(F)c2)n1. The molecule has 0 spiro atoms. The predicted octanol–water partition coefficient (Wildman–Crippen LogP) is 1.71. The Hall–Kier alpha value is -2.38. The Morgan fingerprint density at radius 3 is 3.04 bits per heavy atom. The fraction of sp³-hybridized carbons (Fsp3) is 0.353. The van der Waals surface area contributed by atoms with E-state index in [9.17, 15) is 9.18 Å². The standard InChI is InChI=1S/C17H18FN3O3/c1-23-17-10-20-8-14(21-17)15(22)7-11-2-3-12(13(18)6-11)16-9-19-4-5-24-16/h2-3,6,8,10,16,19H,4-5,7,9H2,1H3/t16-/m0/s1. The van der Waals surface area contributed by atoms with Crippen molar-refractivity contribution in [2.24, 2.45) is 0 Å². The summed E-state index contributed by atoms with van der Waals surface area (Å²) in [6.07, 6.45) is 2.54. The maximum Gasteiger partial charge on any atom is 0.232 e. The Balaban J connectivity index is 1.73. The molecule has 0 amide bonds. The molecule has 1 atom stereocenters. The van der Waals surface area contributed by atoms with Crippen LogP contribution in [-0.4, -0.2) is 42.6 Å². The number of ether oxygens (including phenoxy) is 2. The zero-order valence-corrected chi connectivity index (χ0v) is 13.3. The second-order valence-electron chi connectivity index (χ2n) is 5.47. The van der Waals surface area contributed by atoms with Gasteiger partial charge in [0.1, 0.15) is 11.5 Å². The average Bonchev–Trinajstić information content (AvgIpc) is 2.62. The van der Waals surface area contributed by atoms with E-state index in [1.54, 1.807) is 12.1 Å². The number of nitrogens with zero attached hydrogens (tertiary/aromatic N) is 2. The van der Waals surface area contributed by atoms with Gasteiger partial charge in [0.25, 0.3) is 0 Å². The Labute approximate surface area is 139 Å². The number of hydrogen-bond acceptors (Lipinski definition) is 6. The minimum atomic E-state index is -0.370. The van der Waals surface area contributed by atoms with Gasteiger partial charge in [-0.25, -0.2) is 9.37 Å². The quantitative estimate of drug-likeness (QED) is 0.841. The van der Waals surface area contributed by atoms with Crippen molar-refractivity contribution >= 4 is 5.78 Å². The van der Waals surface area contributed by atoms with Crippen LogP contribution in [-0.2, 0) is 11.2 Å². The van der Waals surface area contributed by atoms with Gasteiger partial charge in [0.05, 0.1) is 32.2 Å². The molecule has 0 bridgehead atoms. The summed E-state index contributed by atoms with van der Waals surface area (Å²) in [5, 5.41) is 3.17. The Kier molecular flexibility index (Phi) is 5.12. The van der Waals surface area contributed by atoms with Gasteiger partial charge in [-0.15, -0.1) is 0 Å². The van der Waals surface area contributed by atoms with Crippen LogP contribution in [0.25, 0.3) is 0 Å². The average molecular weight is 331 g/mol. The number of methoxy groups -OCH3 is 1. The lowest BCUT2D eigenvalue weighted by atomic mass is 10.0. The van der Waals surface area contributed by atoms with E-state index in [4.69, 9.17) is 9.47 Å². The molecule has 0 unspecified atom stereocenters. The monoisotopic (exact) mass is 331 g/mol. The van der Waals surface area contributed by atoms with Crippen molar-refractivity contribution in [3.63, 3.8) is 0 Å². The molecule has 0 aliphatic carbocycles. The molecule has 2 heterocycles. The summed E-state index contributed by atoms with van der Waals surface area (Å²) in [6, 6.07) is 4.79. The third-order valence-electron chi connectivity index (χ3n) is 3.81. The number of rotatable bonds is 5. The van der Waals surface area contributed by atoms with Gasteiger partial charge in [-0.2, -0.15) is 0 Å². The summed E-state index contributed by atoms with van der Waals surface area (Å²) >= 11 is 0. The molecule has 1 aromatic heterocycles. The van der Waals surface area contributed by atoms with Gasteiger partial charge in [-0.1, -0.05) is 12.1 Å².